The van der Waals surface area contributed by atoms with Crippen molar-refractivity contribution in [3.63, 3.8) is 0 Å². The van der Waals surface area contributed by atoms with Gasteiger partial charge in [0, 0.05) is 31.8 Å². The molecule has 0 aliphatic carbocycles. The monoisotopic (exact) mass is 261 g/mol. The van der Waals surface area contributed by atoms with E-state index in [0.717, 1.165) is 30.5 Å². The van der Waals surface area contributed by atoms with Crippen molar-refractivity contribution in [2.45, 2.75) is 26.3 Å². The minimum Gasteiger partial charge on any atom is -0.373 e. The molecule has 2 heterocycles. The fraction of sp³-hybridized carbons (Fsp3) is 0.500. The fourth-order valence-electron chi connectivity index (χ4n) is 1.59. The molecule has 2 aromatic heterocycles. The maximum absolute atomic E-state index is 4.49. The Hall–Kier alpha value is -2.18. The summed E-state index contributed by atoms with van der Waals surface area (Å²) in [4.78, 5) is 8.91. The van der Waals surface area contributed by atoms with Crippen LogP contribution in [0.25, 0.3) is 0 Å². The Kier molecular flexibility index (Phi) is 4.27. The van der Waals surface area contributed by atoms with Crippen molar-refractivity contribution in [2.24, 2.45) is 0 Å². The summed E-state index contributed by atoms with van der Waals surface area (Å²) in [6, 6.07) is 1.90. The molecular formula is C12H19N7. The van der Waals surface area contributed by atoms with E-state index in [1.54, 1.807) is 10.9 Å². The number of anilines is 2. The number of aromatic nitrogens is 5. The van der Waals surface area contributed by atoms with E-state index in [0.29, 0.717) is 5.92 Å². The first kappa shape index (κ1) is 13.3. The van der Waals surface area contributed by atoms with Crippen molar-refractivity contribution >= 4 is 11.6 Å². The van der Waals surface area contributed by atoms with Gasteiger partial charge in [0.05, 0.1) is 12.7 Å². The summed E-state index contributed by atoms with van der Waals surface area (Å²) in [7, 11) is 1.85. The molecule has 2 aromatic rings. The molecule has 0 amide bonds. The molecule has 2 rings (SSSR count). The smallest absolute Gasteiger partial charge is 0.135 e. The second-order valence-electron chi connectivity index (χ2n) is 4.49. The van der Waals surface area contributed by atoms with Gasteiger partial charge in [-0.2, -0.15) is 0 Å². The zero-order valence-corrected chi connectivity index (χ0v) is 11.5. The van der Waals surface area contributed by atoms with E-state index in [1.807, 2.05) is 19.3 Å². The van der Waals surface area contributed by atoms with E-state index >= 15 is 0 Å². The van der Waals surface area contributed by atoms with Crippen LogP contribution in [0.15, 0.2) is 18.5 Å². The molecule has 7 nitrogen and oxygen atoms in total. The lowest BCUT2D eigenvalue weighted by molar-refractivity contribution is 0.608. The summed E-state index contributed by atoms with van der Waals surface area (Å²) in [5, 5.41) is 14.0. The SMILES string of the molecule is CNc1cc(NCCn2ccnn2)nc(C(C)C)n1. The predicted molar refractivity (Wildman–Crippen MR) is 74.2 cm³/mol. The van der Waals surface area contributed by atoms with Gasteiger partial charge < -0.3 is 10.6 Å². The lowest BCUT2D eigenvalue weighted by Crippen LogP contribution is -2.13. The van der Waals surface area contributed by atoms with Crippen LogP contribution in [0.5, 0.6) is 0 Å². The molecule has 7 heteroatoms. The Labute approximate surface area is 112 Å². The van der Waals surface area contributed by atoms with Gasteiger partial charge in [-0.05, 0) is 0 Å². The quantitative estimate of drug-likeness (QED) is 0.817. The van der Waals surface area contributed by atoms with Crippen molar-refractivity contribution in [2.75, 3.05) is 24.2 Å². The van der Waals surface area contributed by atoms with Crippen LogP contribution in [0.3, 0.4) is 0 Å². The van der Waals surface area contributed by atoms with Gasteiger partial charge in [-0.3, -0.25) is 4.68 Å². The molecule has 0 saturated heterocycles. The second kappa shape index (κ2) is 6.12. The Morgan fingerprint density at radius 2 is 2.05 bits per heavy atom. The Morgan fingerprint density at radius 1 is 1.26 bits per heavy atom. The van der Waals surface area contributed by atoms with Crippen molar-refractivity contribution in [1.82, 2.24) is 25.0 Å². The van der Waals surface area contributed by atoms with Crippen LogP contribution in [-0.4, -0.2) is 38.6 Å². The maximum Gasteiger partial charge on any atom is 0.135 e. The highest BCUT2D eigenvalue weighted by molar-refractivity contribution is 5.47. The van der Waals surface area contributed by atoms with Gasteiger partial charge in [0.2, 0.25) is 0 Å². The number of hydrogen-bond donors (Lipinski definition) is 2. The van der Waals surface area contributed by atoms with E-state index in [9.17, 15) is 0 Å². The minimum atomic E-state index is 0.296. The van der Waals surface area contributed by atoms with Gasteiger partial charge >= 0.3 is 0 Å². The maximum atomic E-state index is 4.49. The van der Waals surface area contributed by atoms with Gasteiger partial charge in [-0.15, -0.1) is 5.10 Å². The Balaban J connectivity index is 2.00. The standard InChI is InChI=1S/C12H19N7/c1-9(2)12-16-10(13-3)8-11(17-12)14-4-6-19-7-5-15-18-19/h5,7-9H,4,6H2,1-3H3,(H2,13,14,16,17). The first-order valence-corrected chi connectivity index (χ1v) is 6.33. The second-order valence-corrected chi connectivity index (χ2v) is 4.49. The Morgan fingerprint density at radius 3 is 2.68 bits per heavy atom. The van der Waals surface area contributed by atoms with Crippen molar-refractivity contribution in [3.05, 3.63) is 24.3 Å². The van der Waals surface area contributed by atoms with Gasteiger partial charge in [0.25, 0.3) is 0 Å². The summed E-state index contributed by atoms with van der Waals surface area (Å²) < 4.78 is 1.77. The minimum absolute atomic E-state index is 0.296. The number of nitrogens with zero attached hydrogens (tertiary/aromatic N) is 5. The average Bonchev–Trinajstić information content (AvgIpc) is 2.91. The molecule has 19 heavy (non-hydrogen) atoms. The lowest BCUT2D eigenvalue weighted by atomic mass is 10.2. The van der Waals surface area contributed by atoms with Crippen LogP contribution in [0.4, 0.5) is 11.6 Å². The summed E-state index contributed by atoms with van der Waals surface area (Å²) in [5.74, 6) is 2.77. The zero-order chi connectivity index (χ0) is 13.7. The van der Waals surface area contributed by atoms with Crippen LogP contribution >= 0.6 is 0 Å². The topological polar surface area (TPSA) is 80.5 Å². The van der Waals surface area contributed by atoms with E-state index < -0.39 is 0 Å². The molecule has 2 N–H and O–H groups in total. The zero-order valence-electron chi connectivity index (χ0n) is 11.5. The third-order valence-corrected chi connectivity index (χ3v) is 2.63. The summed E-state index contributed by atoms with van der Waals surface area (Å²) in [5.41, 5.74) is 0. The van der Waals surface area contributed by atoms with Crippen LogP contribution in [0.1, 0.15) is 25.6 Å². The molecule has 0 spiro atoms. The van der Waals surface area contributed by atoms with Crippen LogP contribution in [0.2, 0.25) is 0 Å². The summed E-state index contributed by atoms with van der Waals surface area (Å²) >= 11 is 0. The van der Waals surface area contributed by atoms with Crippen molar-refractivity contribution < 1.29 is 0 Å². The first-order valence-electron chi connectivity index (χ1n) is 6.33. The third kappa shape index (κ3) is 3.64. The molecule has 0 aliphatic rings. The molecule has 0 saturated carbocycles. The molecule has 0 bridgehead atoms. The van der Waals surface area contributed by atoms with E-state index in [4.69, 9.17) is 0 Å². The first-order chi connectivity index (χ1) is 9.19. The van der Waals surface area contributed by atoms with Gasteiger partial charge in [0.15, 0.2) is 0 Å². The van der Waals surface area contributed by atoms with E-state index in [2.05, 4.69) is 44.8 Å². The molecule has 0 atom stereocenters. The molecule has 0 unspecified atom stereocenters. The lowest BCUT2D eigenvalue weighted by Gasteiger charge is -2.11. The highest BCUT2D eigenvalue weighted by atomic mass is 15.4. The van der Waals surface area contributed by atoms with E-state index in [1.165, 1.54) is 0 Å². The normalized spacial score (nSPS) is 10.7. The molecular weight excluding hydrogens is 242 g/mol. The third-order valence-electron chi connectivity index (χ3n) is 2.63. The van der Waals surface area contributed by atoms with Gasteiger partial charge in [-0.1, -0.05) is 19.1 Å². The van der Waals surface area contributed by atoms with Gasteiger partial charge in [0.1, 0.15) is 17.5 Å². The van der Waals surface area contributed by atoms with Crippen LogP contribution < -0.4 is 10.6 Å². The predicted octanol–water partition coefficient (Wildman–Crippen LogP) is 1.35. The molecule has 0 aromatic carbocycles. The molecule has 0 fully saturated rings. The number of hydrogen-bond acceptors (Lipinski definition) is 6. The molecule has 102 valence electrons. The van der Waals surface area contributed by atoms with Crippen LogP contribution in [-0.2, 0) is 6.54 Å². The summed E-state index contributed by atoms with van der Waals surface area (Å²) in [6.07, 6.45) is 3.50. The summed E-state index contributed by atoms with van der Waals surface area (Å²) in [6.45, 7) is 5.64. The Bertz CT molecular complexity index is 507. The van der Waals surface area contributed by atoms with E-state index in [-0.39, 0.29) is 0 Å². The fourth-order valence-corrected chi connectivity index (χ4v) is 1.59. The highest BCUT2D eigenvalue weighted by Crippen LogP contribution is 2.16. The van der Waals surface area contributed by atoms with Gasteiger partial charge in [-0.25, -0.2) is 9.97 Å². The molecule has 0 aliphatic heterocycles. The molecule has 0 radical (unpaired) electrons. The number of nitrogens with one attached hydrogen (secondary N) is 2. The van der Waals surface area contributed by atoms with Crippen molar-refractivity contribution in [1.29, 1.82) is 0 Å². The van der Waals surface area contributed by atoms with Crippen molar-refractivity contribution in [3.8, 4) is 0 Å². The number of rotatable bonds is 6. The van der Waals surface area contributed by atoms with Crippen LogP contribution in [0, 0.1) is 0 Å². The highest BCUT2D eigenvalue weighted by Gasteiger charge is 2.07. The largest absolute Gasteiger partial charge is 0.373 e. The average molecular weight is 261 g/mol.